The van der Waals surface area contributed by atoms with Crippen LogP contribution in [0.25, 0.3) is 0 Å². The van der Waals surface area contributed by atoms with Crippen LogP contribution in [0.1, 0.15) is 35.2 Å². The van der Waals surface area contributed by atoms with E-state index in [-0.39, 0.29) is 30.3 Å². The van der Waals surface area contributed by atoms with Crippen molar-refractivity contribution in [1.29, 1.82) is 5.26 Å². The summed E-state index contributed by atoms with van der Waals surface area (Å²) in [6.07, 6.45) is -3.60. The van der Waals surface area contributed by atoms with Crippen LogP contribution in [-0.4, -0.2) is 53.1 Å². The first-order valence-electron chi connectivity index (χ1n) is 10.7. The van der Waals surface area contributed by atoms with Gasteiger partial charge in [0, 0.05) is 12.2 Å². The molecule has 2 amide bonds. The normalized spacial score (nSPS) is 16.3. The second-order valence-electron chi connectivity index (χ2n) is 8.27. The van der Waals surface area contributed by atoms with Crippen molar-refractivity contribution in [2.24, 2.45) is 0 Å². The number of hydrogen-bond donors (Lipinski definition) is 2. The lowest BCUT2D eigenvalue weighted by Gasteiger charge is -2.23. The molecule has 3 rings (SSSR count). The lowest BCUT2D eigenvalue weighted by Crippen LogP contribution is -2.48. The zero-order valence-electron chi connectivity index (χ0n) is 18.8. The minimum Gasteiger partial charge on any atom is -0.346 e. The Morgan fingerprint density at radius 2 is 1.88 bits per heavy atom. The lowest BCUT2D eigenvalue weighted by atomic mass is 10.2. The van der Waals surface area contributed by atoms with Crippen LogP contribution in [0.3, 0.4) is 0 Å². The predicted octanol–water partition coefficient (Wildman–Crippen LogP) is 3.25. The van der Waals surface area contributed by atoms with Gasteiger partial charge in [-0.15, -0.1) is 0 Å². The maximum absolute atomic E-state index is 13.3. The van der Waals surface area contributed by atoms with E-state index in [1.165, 1.54) is 17.0 Å². The fourth-order valence-electron chi connectivity index (χ4n) is 4.07. The Bertz CT molecular complexity index is 1100. The second kappa shape index (κ2) is 10.3. The van der Waals surface area contributed by atoms with Gasteiger partial charge in [0.15, 0.2) is 0 Å². The summed E-state index contributed by atoms with van der Waals surface area (Å²) in [6, 6.07) is 7.12. The third kappa shape index (κ3) is 5.94. The number of nitriles is 1. The third-order valence-corrected chi connectivity index (χ3v) is 5.93. The summed E-state index contributed by atoms with van der Waals surface area (Å²) in [5.41, 5.74) is 2.49. The van der Waals surface area contributed by atoms with E-state index in [4.69, 9.17) is 0 Å². The molecule has 0 aliphatic carbocycles. The average molecular weight is 479 g/mol. The van der Waals surface area contributed by atoms with Crippen LogP contribution < -0.4 is 10.6 Å². The molecule has 2 heterocycles. The van der Waals surface area contributed by atoms with Gasteiger partial charge < -0.3 is 15.2 Å². The van der Waals surface area contributed by atoms with Crippen molar-refractivity contribution in [1.82, 2.24) is 14.8 Å². The smallest absolute Gasteiger partial charge is 0.346 e. The summed E-state index contributed by atoms with van der Waals surface area (Å²) >= 11 is 0. The van der Waals surface area contributed by atoms with Gasteiger partial charge >= 0.3 is 6.18 Å². The maximum Gasteiger partial charge on any atom is 0.405 e. The molecular formula is C23H25F4N5O2. The molecule has 11 heteroatoms. The first kappa shape index (κ1) is 25.2. The molecule has 1 aliphatic heterocycles. The highest BCUT2D eigenvalue weighted by Gasteiger charge is 2.35. The minimum atomic E-state index is -4.52. The highest BCUT2D eigenvalue weighted by atomic mass is 19.4. The van der Waals surface area contributed by atoms with E-state index < -0.39 is 30.6 Å². The van der Waals surface area contributed by atoms with E-state index in [2.05, 4.69) is 11.4 Å². The molecular weight excluding hydrogens is 454 g/mol. The largest absolute Gasteiger partial charge is 0.405 e. The summed E-state index contributed by atoms with van der Waals surface area (Å²) in [4.78, 5) is 26.6. The molecule has 1 aromatic heterocycles. The third-order valence-electron chi connectivity index (χ3n) is 5.93. The monoisotopic (exact) mass is 479 g/mol. The number of likely N-dealkylation sites (tertiary alicyclic amines) is 1. The van der Waals surface area contributed by atoms with Crippen molar-refractivity contribution in [3.63, 3.8) is 0 Å². The molecule has 34 heavy (non-hydrogen) atoms. The number of benzene rings is 1. The van der Waals surface area contributed by atoms with E-state index in [0.717, 1.165) is 11.3 Å². The molecule has 1 saturated heterocycles. The van der Waals surface area contributed by atoms with Gasteiger partial charge in [-0.05, 0) is 56.5 Å². The van der Waals surface area contributed by atoms with Crippen LogP contribution in [0, 0.1) is 31.0 Å². The average Bonchev–Trinajstić information content (AvgIpc) is 3.31. The molecule has 0 spiro atoms. The second-order valence-corrected chi connectivity index (χ2v) is 8.27. The van der Waals surface area contributed by atoms with Gasteiger partial charge in [0.25, 0.3) is 0 Å². The quantitative estimate of drug-likeness (QED) is 0.597. The number of alkyl halides is 3. The highest BCUT2D eigenvalue weighted by Crippen LogP contribution is 2.28. The van der Waals surface area contributed by atoms with Gasteiger partial charge in [0.05, 0.1) is 18.2 Å². The van der Waals surface area contributed by atoms with Gasteiger partial charge in [-0.2, -0.15) is 18.4 Å². The number of carbonyl (C=O) groups is 2. The number of halogens is 4. The highest BCUT2D eigenvalue weighted by molar-refractivity contribution is 5.94. The Hall–Kier alpha value is -3.39. The van der Waals surface area contributed by atoms with E-state index >= 15 is 0 Å². The van der Waals surface area contributed by atoms with Crippen molar-refractivity contribution in [3.8, 4) is 6.07 Å². The summed E-state index contributed by atoms with van der Waals surface area (Å²) in [6.45, 7) is 2.59. The van der Waals surface area contributed by atoms with Crippen molar-refractivity contribution in [3.05, 3.63) is 52.5 Å². The van der Waals surface area contributed by atoms with Gasteiger partial charge in [0.1, 0.15) is 24.2 Å². The number of nitrogens with one attached hydrogen (secondary N) is 2. The summed E-state index contributed by atoms with van der Waals surface area (Å²) in [7, 11) is 0. The van der Waals surface area contributed by atoms with Crippen LogP contribution >= 0.6 is 0 Å². The molecule has 0 radical (unpaired) electrons. The van der Waals surface area contributed by atoms with E-state index in [0.29, 0.717) is 24.9 Å². The van der Waals surface area contributed by atoms with E-state index in [1.54, 1.807) is 30.5 Å². The van der Waals surface area contributed by atoms with E-state index in [1.807, 2.05) is 5.32 Å². The van der Waals surface area contributed by atoms with Crippen LogP contribution in [0.15, 0.2) is 24.3 Å². The Morgan fingerprint density at radius 3 is 2.50 bits per heavy atom. The van der Waals surface area contributed by atoms with Crippen molar-refractivity contribution >= 4 is 17.6 Å². The zero-order valence-corrected chi connectivity index (χ0v) is 18.8. The van der Waals surface area contributed by atoms with Crippen molar-refractivity contribution in [2.75, 3.05) is 25.0 Å². The Morgan fingerprint density at radius 1 is 1.21 bits per heavy atom. The number of carbonyl (C=O) groups excluding carboxylic acids is 2. The molecule has 1 aliphatic rings. The van der Waals surface area contributed by atoms with E-state index in [9.17, 15) is 32.4 Å². The number of rotatable bonds is 7. The summed E-state index contributed by atoms with van der Waals surface area (Å²) in [5, 5.41) is 14.3. The Balaban J connectivity index is 1.75. The van der Waals surface area contributed by atoms with Crippen LogP contribution in [0.2, 0.25) is 0 Å². The molecule has 0 saturated carbocycles. The maximum atomic E-state index is 13.3. The number of nitrogens with zero attached hydrogens (tertiary/aromatic N) is 3. The van der Waals surface area contributed by atoms with Gasteiger partial charge in [-0.25, -0.2) is 4.39 Å². The first-order valence-corrected chi connectivity index (χ1v) is 10.7. The molecule has 0 bridgehead atoms. The zero-order chi connectivity index (χ0) is 25.0. The predicted molar refractivity (Wildman–Crippen MR) is 116 cm³/mol. The summed E-state index contributed by atoms with van der Waals surface area (Å²) < 4.78 is 52.3. The molecule has 1 aromatic carbocycles. The minimum absolute atomic E-state index is 0.213. The Kier molecular flexibility index (Phi) is 7.61. The molecule has 1 atom stereocenters. The first-order chi connectivity index (χ1) is 16.0. The fourth-order valence-corrected chi connectivity index (χ4v) is 4.07. The van der Waals surface area contributed by atoms with Crippen molar-refractivity contribution < 1.29 is 27.2 Å². The van der Waals surface area contributed by atoms with Crippen molar-refractivity contribution in [2.45, 2.75) is 45.5 Å². The number of hydrogen-bond acceptors (Lipinski definition) is 4. The lowest BCUT2D eigenvalue weighted by molar-refractivity contribution is -0.141. The number of aromatic nitrogens is 1. The number of amides is 2. The molecule has 2 aromatic rings. The van der Waals surface area contributed by atoms with Gasteiger partial charge in [-0.1, -0.05) is 12.1 Å². The standard InChI is InChI=1S/C23H25F4N5O2/c1-14-15(2)32(11-16-5-7-17(24)8-6-16)21(18(14)10-28)30-20(33)12-31-9-3-4-19(31)22(34)29-13-23(25,26)27/h5-8,19H,3-4,9,11-13H2,1-2H3,(H,29,34)(H,30,33). The van der Waals surface area contributed by atoms with Crippen LogP contribution in [-0.2, 0) is 16.1 Å². The van der Waals surface area contributed by atoms with Gasteiger partial charge in [-0.3, -0.25) is 14.5 Å². The topological polar surface area (TPSA) is 90.2 Å². The SMILES string of the molecule is Cc1c(C#N)c(NC(=O)CN2CCCC2C(=O)NCC(F)(F)F)n(Cc2ccc(F)cc2)c1C. The number of anilines is 1. The molecule has 2 N–H and O–H groups in total. The Labute approximate surface area is 194 Å². The van der Waals surface area contributed by atoms with Gasteiger partial charge in [0.2, 0.25) is 11.8 Å². The molecule has 7 nitrogen and oxygen atoms in total. The van der Waals surface area contributed by atoms with Crippen LogP contribution in [0.4, 0.5) is 23.4 Å². The summed E-state index contributed by atoms with van der Waals surface area (Å²) in [5.74, 6) is -1.37. The molecule has 1 fully saturated rings. The fraction of sp³-hybridized carbons (Fsp3) is 0.435. The molecule has 1 unspecified atom stereocenters. The molecule has 182 valence electrons. The van der Waals surface area contributed by atoms with Crippen LogP contribution in [0.5, 0.6) is 0 Å².